The molecule has 104 valence electrons. The highest BCUT2D eigenvalue weighted by atomic mass is 35.5. The normalized spacial score (nSPS) is 9.30. The molecule has 2 aromatic carbocycles. The Morgan fingerprint density at radius 2 is 1.70 bits per heavy atom. The molecule has 0 aliphatic rings. The summed E-state index contributed by atoms with van der Waals surface area (Å²) in [6.07, 6.45) is 0. The predicted molar refractivity (Wildman–Crippen MR) is 79.2 cm³/mol. The molecular weight excluding hydrogens is 278 g/mol. The lowest BCUT2D eigenvalue weighted by molar-refractivity contribution is 0.0698. The summed E-state index contributed by atoms with van der Waals surface area (Å²) in [7, 11) is 0. The summed E-state index contributed by atoms with van der Waals surface area (Å²) in [4.78, 5) is 20.9. The number of carbonyl (C=O) groups excluding carboxylic acids is 1. The Bertz CT molecular complexity index is 612. The van der Waals surface area contributed by atoms with Crippen LogP contribution in [0.5, 0.6) is 0 Å². The van der Waals surface area contributed by atoms with Crippen molar-refractivity contribution in [3.63, 3.8) is 0 Å². The van der Waals surface area contributed by atoms with E-state index in [4.69, 9.17) is 22.4 Å². The number of nitrogen functional groups attached to an aromatic ring is 1. The van der Waals surface area contributed by atoms with Gasteiger partial charge in [-0.15, -0.1) is 0 Å². The predicted octanol–water partition coefficient (Wildman–Crippen LogP) is 3.34. The Hall–Kier alpha value is -2.33. The number of halogens is 1. The lowest BCUT2D eigenvalue weighted by Gasteiger charge is -2.00. The molecule has 0 amide bonds. The van der Waals surface area contributed by atoms with Gasteiger partial charge < -0.3 is 10.8 Å². The minimum atomic E-state index is -0.984. The molecule has 0 aliphatic heterocycles. The highest BCUT2D eigenvalue weighted by Gasteiger charge is 2.05. The van der Waals surface area contributed by atoms with Gasteiger partial charge in [-0.3, -0.25) is 4.79 Å². The van der Waals surface area contributed by atoms with Gasteiger partial charge in [0.15, 0.2) is 0 Å². The van der Waals surface area contributed by atoms with E-state index in [1.54, 1.807) is 36.4 Å². The molecule has 0 atom stereocenters. The summed E-state index contributed by atoms with van der Waals surface area (Å²) in [6.45, 7) is 1.86. The van der Waals surface area contributed by atoms with Gasteiger partial charge in [-0.2, -0.15) is 0 Å². The summed E-state index contributed by atoms with van der Waals surface area (Å²) in [5, 5.41) is 8.17. The number of hydrogen-bond acceptors (Lipinski definition) is 3. The van der Waals surface area contributed by atoms with Crippen LogP contribution in [0.3, 0.4) is 0 Å². The van der Waals surface area contributed by atoms with Gasteiger partial charge in [-0.25, -0.2) is 4.79 Å². The first-order chi connectivity index (χ1) is 9.41. The molecule has 0 radical (unpaired) electrons. The van der Waals surface area contributed by atoms with Crippen LogP contribution in [0.4, 0.5) is 5.69 Å². The van der Waals surface area contributed by atoms with Crippen LogP contribution < -0.4 is 5.73 Å². The van der Waals surface area contributed by atoms with Crippen molar-refractivity contribution in [3.05, 3.63) is 65.2 Å². The molecule has 2 aromatic rings. The van der Waals surface area contributed by atoms with E-state index >= 15 is 0 Å². The largest absolute Gasteiger partial charge is 0.478 e. The second kappa shape index (κ2) is 7.31. The fourth-order valence-electron chi connectivity index (χ4n) is 1.45. The average molecular weight is 292 g/mol. The number of carboxylic acid groups (broad SMARTS) is 1. The molecule has 5 heteroatoms. The Morgan fingerprint density at radius 1 is 1.10 bits per heavy atom. The fraction of sp³-hybridized carbons (Fsp3) is 0.0667. The van der Waals surface area contributed by atoms with Crippen molar-refractivity contribution in [1.29, 1.82) is 0 Å². The molecule has 0 heterocycles. The quantitative estimate of drug-likeness (QED) is 0.657. The number of carboxylic acids is 1. The van der Waals surface area contributed by atoms with Crippen LogP contribution in [-0.4, -0.2) is 16.3 Å². The Morgan fingerprint density at radius 3 is 2.10 bits per heavy atom. The van der Waals surface area contributed by atoms with Crippen LogP contribution in [0.15, 0.2) is 48.5 Å². The summed E-state index contributed by atoms with van der Waals surface area (Å²) in [6, 6.07) is 13.6. The van der Waals surface area contributed by atoms with Crippen LogP contribution in [0.1, 0.15) is 26.3 Å². The lowest BCUT2D eigenvalue weighted by Crippen LogP contribution is -2.01. The summed E-state index contributed by atoms with van der Waals surface area (Å²) in [5.74, 6) is -0.984. The number of nitrogens with two attached hydrogens (primary N) is 1. The van der Waals surface area contributed by atoms with Crippen LogP contribution in [-0.2, 0) is 0 Å². The zero-order chi connectivity index (χ0) is 15.1. The number of benzene rings is 2. The minimum absolute atomic E-state index is 0.163. The number of aryl methyl sites for hydroxylation is 1. The molecule has 0 unspecified atom stereocenters. The molecule has 0 spiro atoms. The third-order valence-electron chi connectivity index (χ3n) is 2.44. The maximum atomic E-state index is 10.5. The van der Waals surface area contributed by atoms with E-state index < -0.39 is 11.2 Å². The van der Waals surface area contributed by atoms with E-state index in [-0.39, 0.29) is 5.56 Å². The maximum Gasteiger partial charge on any atom is 0.337 e. The van der Waals surface area contributed by atoms with Gasteiger partial charge in [0.25, 0.3) is 5.24 Å². The van der Waals surface area contributed by atoms with E-state index in [9.17, 15) is 9.59 Å². The molecule has 4 nitrogen and oxygen atoms in total. The smallest absolute Gasteiger partial charge is 0.337 e. The molecule has 0 aliphatic carbocycles. The van der Waals surface area contributed by atoms with E-state index in [2.05, 4.69) is 0 Å². The van der Waals surface area contributed by atoms with Gasteiger partial charge in [-0.1, -0.05) is 36.4 Å². The minimum Gasteiger partial charge on any atom is -0.478 e. The second-order valence-corrected chi connectivity index (χ2v) is 4.38. The van der Waals surface area contributed by atoms with E-state index in [1.165, 1.54) is 6.07 Å². The topological polar surface area (TPSA) is 80.4 Å². The number of anilines is 1. The summed E-state index contributed by atoms with van der Waals surface area (Å²) >= 11 is 5.16. The molecule has 0 fully saturated rings. The third-order valence-corrected chi connectivity index (χ3v) is 2.66. The first-order valence-corrected chi connectivity index (χ1v) is 6.14. The van der Waals surface area contributed by atoms with E-state index in [0.29, 0.717) is 11.3 Å². The zero-order valence-electron chi connectivity index (χ0n) is 10.8. The van der Waals surface area contributed by atoms with Crippen molar-refractivity contribution >= 4 is 28.5 Å². The van der Waals surface area contributed by atoms with Gasteiger partial charge in [0.2, 0.25) is 0 Å². The standard InChI is InChI=1S/C8H9NO2.C7H5ClO/c1-5-2-3-6(8(10)11)7(9)4-5;8-7(9)6-4-2-1-3-5-6/h2-4H,9H2,1H3,(H,10,11);1-5H. The monoisotopic (exact) mass is 291 g/mol. The number of rotatable bonds is 2. The molecule has 0 bridgehead atoms. The molecule has 0 saturated carbocycles. The van der Waals surface area contributed by atoms with Crippen LogP contribution in [0.25, 0.3) is 0 Å². The van der Waals surface area contributed by atoms with Crippen molar-refractivity contribution < 1.29 is 14.7 Å². The Balaban J connectivity index is 0.000000204. The third kappa shape index (κ3) is 4.74. The fourth-order valence-corrected chi connectivity index (χ4v) is 1.57. The van der Waals surface area contributed by atoms with Gasteiger partial charge in [0.05, 0.1) is 5.56 Å². The van der Waals surface area contributed by atoms with Crippen molar-refractivity contribution in [3.8, 4) is 0 Å². The van der Waals surface area contributed by atoms with Crippen molar-refractivity contribution in [2.24, 2.45) is 0 Å². The highest BCUT2D eigenvalue weighted by molar-refractivity contribution is 6.67. The summed E-state index contributed by atoms with van der Waals surface area (Å²) < 4.78 is 0. The number of hydrogen-bond donors (Lipinski definition) is 2. The molecule has 2 rings (SSSR count). The highest BCUT2D eigenvalue weighted by Crippen LogP contribution is 2.12. The van der Waals surface area contributed by atoms with Crippen LogP contribution in [0.2, 0.25) is 0 Å². The molecule has 3 N–H and O–H groups in total. The van der Waals surface area contributed by atoms with Gasteiger partial charge in [-0.05, 0) is 36.2 Å². The Labute approximate surface area is 121 Å². The van der Waals surface area contributed by atoms with Crippen molar-refractivity contribution in [2.45, 2.75) is 6.92 Å². The molecule has 20 heavy (non-hydrogen) atoms. The van der Waals surface area contributed by atoms with Gasteiger partial charge in [0, 0.05) is 11.3 Å². The number of carbonyl (C=O) groups is 2. The average Bonchev–Trinajstić information content (AvgIpc) is 2.40. The summed E-state index contributed by atoms with van der Waals surface area (Å²) in [5.41, 5.74) is 7.43. The first kappa shape index (κ1) is 15.7. The van der Waals surface area contributed by atoms with E-state index in [0.717, 1.165) is 5.56 Å². The van der Waals surface area contributed by atoms with Crippen LogP contribution in [0, 0.1) is 6.92 Å². The van der Waals surface area contributed by atoms with Crippen LogP contribution >= 0.6 is 11.6 Å². The lowest BCUT2D eigenvalue weighted by atomic mass is 10.1. The second-order valence-electron chi connectivity index (χ2n) is 4.04. The van der Waals surface area contributed by atoms with E-state index in [1.807, 2.05) is 13.0 Å². The van der Waals surface area contributed by atoms with Crippen molar-refractivity contribution in [1.82, 2.24) is 0 Å². The SMILES string of the molecule is Cc1ccc(C(=O)O)c(N)c1.O=C(Cl)c1ccccc1. The molecular formula is C15H14ClNO3. The van der Waals surface area contributed by atoms with Crippen molar-refractivity contribution in [2.75, 3.05) is 5.73 Å². The number of aromatic carboxylic acids is 1. The van der Waals surface area contributed by atoms with Gasteiger partial charge in [0.1, 0.15) is 0 Å². The maximum absolute atomic E-state index is 10.5. The molecule has 0 saturated heterocycles. The Kier molecular flexibility index (Phi) is 5.74. The molecule has 0 aromatic heterocycles. The zero-order valence-corrected chi connectivity index (χ0v) is 11.6. The first-order valence-electron chi connectivity index (χ1n) is 5.76. The van der Waals surface area contributed by atoms with Gasteiger partial charge >= 0.3 is 5.97 Å².